The zero-order valence-electron chi connectivity index (χ0n) is 11.1. The number of nitrogens with two attached hydrogens (primary N) is 1. The lowest BCUT2D eigenvalue weighted by Gasteiger charge is -2.04. The van der Waals surface area contributed by atoms with Gasteiger partial charge in [-0.15, -0.1) is 11.8 Å². The van der Waals surface area contributed by atoms with Crippen molar-refractivity contribution in [1.29, 1.82) is 0 Å². The van der Waals surface area contributed by atoms with Crippen LogP contribution in [0.3, 0.4) is 0 Å². The van der Waals surface area contributed by atoms with Gasteiger partial charge >= 0.3 is 0 Å². The number of benzene rings is 2. The molecular formula is C15H13N3OS2. The van der Waals surface area contributed by atoms with E-state index in [0.717, 1.165) is 15.1 Å². The molecule has 2 aromatic carbocycles. The summed E-state index contributed by atoms with van der Waals surface area (Å²) in [5.41, 5.74) is 7.44. The number of fused-ring (bicyclic) bond motifs is 1. The topological polar surface area (TPSA) is 68.0 Å². The number of carbonyl (C=O) groups excluding carboxylic acids is 1. The molecule has 0 spiro atoms. The number of aromatic nitrogens is 1. The molecule has 3 N–H and O–H groups in total. The molecule has 0 saturated heterocycles. The summed E-state index contributed by atoms with van der Waals surface area (Å²) in [4.78, 5) is 17.3. The Morgan fingerprint density at radius 1 is 1.19 bits per heavy atom. The first-order valence-electron chi connectivity index (χ1n) is 6.35. The molecule has 3 rings (SSSR count). The van der Waals surface area contributed by atoms with Crippen molar-refractivity contribution in [2.75, 3.05) is 16.8 Å². The van der Waals surface area contributed by atoms with E-state index in [1.807, 2.05) is 48.5 Å². The van der Waals surface area contributed by atoms with Crippen molar-refractivity contribution < 1.29 is 4.79 Å². The summed E-state index contributed by atoms with van der Waals surface area (Å²) in [6, 6.07) is 15.3. The zero-order valence-corrected chi connectivity index (χ0v) is 12.7. The van der Waals surface area contributed by atoms with Crippen molar-refractivity contribution in [1.82, 2.24) is 4.98 Å². The molecule has 1 heterocycles. The van der Waals surface area contributed by atoms with Crippen molar-refractivity contribution in [2.45, 2.75) is 4.90 Å². The quantitative estimate of drug-likeness (QED) is 0.570. The van der Waals surface area contributed by atoms with Crippen LogP contribution in [0.5, 0.6) is 0 Å². The van der Waals surface area contributed by atoms with Gasteiger partial charge in [0.2, 0.25) is 5.91 Å². The lowest BCUT2D eigenvalue weighted by Crippen LogP contribution is -2.13. The van der Waals surface area contributed by atoms with Gasteiger partial charge in [-0.25, -0.2) is 4.98 Å². The highest BCUT2D eigenvalue weighted by molar-refractivity contribution is 8.00. The Hall–Kier alpha value is -2.05. The zero-order chi connectivity index (χ0) is 14.7. The van der Waals surface area contributed by atoms with Crippen LogP contribution in [0.1, 0.15) is 0 Å². The Morgan fingerprint density at radius 3 is 2.76 bits per heavy atom. The molecular weight excluding hydrogens is 302 g/mol. The van der Waals surface area contributed by atoms with Crippen LogP contribution in [0, 0.1) is 0 Å². The van der Waals surface area contributed by atoms with Gasteiger partial charge in [-0.05, 0) is 24.3 Å². The summed E-state index contributed by atoms with van der Waals surface area (Å²) in [5, 5.41) is 3.46. The number of nitrogens with zero attached hydrogens (tertiary/aromatic N) is 1. The van der Waals surface area contributed by atoms with Crippen molar-refractivity contribution in [3.63, 3.8) is 0 Å². The fourth-order valence-corrected chi connectivity index (χ4v) is 3.49. The SMILES string of the molecule is Nc1ccccc1SCC(=O)Nc1nc2ccccc2s1. The number of amides is 1. The minimum atomic E-state index is -0.0812. The van der Waals surface area contributed by atoms with Crippen LogP contribution in [0.4, 0.5) is 10.8 Å². The number of anilines is 2. The fraction of sp³-hybridized carbons (Fsp3) is 0.0667. The molecule has 0 bridgehead atoms. The molecule has 3 aromatic rings. The number of hydrogen-bond donors (Lipinski definition) is 2. The second-order valence-corrected chi connectivity index (χ2v) is 6.41. The number of rotatable bonds is 4. The molecule has 0 aliphatic heterocycles. The molecule has 6 heteroatoms. The van der Waals surface area contributed by atoms with E-state index in [4.69, 9.17) is 5.73 Å². The maximum absolute atomic E-state index is 12.0. The molecule has 0 aliphatic rings. The highest BCUT2D eigenvalue weighted by Crippen LogP contribution is 2.27. The van der Waals surface area contributed by atoms with E-state index >= 15 is 0 Å². The predicted molar refractivity (Wildman–Crippen MR) is 89.8 cm³/mol. The number of para-hydroxylation sites is 2. The average molecular weight is 315 g/mol. The van der Waals surface area contributed by atoms with Gasteiger partial charge in [-0.1, -0.05) is 35.6 Å². The van der Waals surface area contributed by atoms with E-state index in [1.54, 1.807) is 0 Å². The first-order valence-corrected chi connectivity index (χ1v) is 8.15. The van der Waals surface area contributed by atoms with Crippen LogP contribution in [0.2, 0.25) is 0 Å². The van der Waals surface area contributed by atoms with Gasteiger partial charge in [0.15, 0.2) is 5.13 Å². The molecule has 0 unspecified atom stereocenters. The predicted octanol–water partition coefficient (Wildman–Crippen LogP) is 3.61. The summed E-state index contributed by atoms with van der Waals surface area (Å²) in [7, 11) is 0. The van der Waals surface area contributed by atoms with E-state index in [0.29, 0.717) is 16.6 Å². The van der Waals surface area contributed by atoms with Crippen LogP contribution in [-0.2, 0) is 4.79 Å². The molecule has 21 heavy (non-hydrogen) atoms. The number of carbonyl (C=O) groups is 1. The average Bonchev–Trinajstić information content (AvgIpc) is 2.88. The molecule has 1 amide bonds. The van der Waals surface area contributed by atoms with Gasteiger partial charge < -0.3 is 11.1 Å². The lowest BCUT2D eigenvalue weighted by atomic mass is 10.3. The molecule has 1 aromatic heterocycles. The molecule has 0 radical (unpaired) electrons. The third-order valence-corrected chi connectivity index (χ3v) is 4.86. The molecule has 4 nitrogen and oxygen atoms in total. The van der Waals surface area contributed by atoms with E-state index in [-0.39, 0.29) is 5.91 Å². The smallest absolute Gasteiger partial charge is 0.236 e. The van der Waals surface area contributed by atoms with Gasteiger partial charge in [0, 0.05) is 10.6 Å². The number of thiazole rings is 1. The van der Waals surface area contributed by atoms with Gasteiger partial charge in [-0.3, -0.25) is 4.79 Å². The van der Waals surface area contributed by atoms with Crippen LogP contribution >= 0.6 is 23.1 Å². The number of hydrogen-bond acceptors (Lipinski definition) is 5. The number of nitrogens with one attached hydrogen (secondary N) is 1. The third kappa shape index (κ3) is 3.34. The Labute approximate surface area is 130 Å². The molecule has 106 valence electrons. The maximum atomic E-state index is 12.0. The van der Waals surface area contributed by atoms with Crippen LogP contribution < -0.4 is 11.1 Å². The van der Waals surface area contributed by atoms with E-state index in [2.05, 4.69) is 10.3 Å². The summed E-state index contributed by atoms with van der Waals surface area (Å²) in [6.45, 7) is 0. The van der Waals surface area contributed by atoms with Crippen molar-refractivity contribution in [3.8, 4) is 0 Å². The monoisotopic (exact) mass is 315 g/mol. The standard InChI is InChI=1S/C15H13N3OS2/c16-10-5-1-3-7-12(10)20-9-14(19)18-15-17-11-6-2-4-8-13(11)21-15/h1-8H,9,16H2,(H,17,18,19). The normalized spacial score (nSPS) is 10.7. The Morgan fingerprint density at radius 2 is 1.95 bits per heavy atom. The lowest BCUT2D eigenvalue weighted by molar-refractivity contribution is -0.113. The van der Waals surface area contributed by atoms with Crippen LogP contribution in [0.15, 0.2) is 53.4 Å². The van der Waals surface area contributed by atoms with Crippen molar-refractivity contribution in [2.24, 2.45) is 0 Å². The maximum Gasteiger partial charge on any atom is 0.236 e. The van der Waals surface area contributed by atoms with E-state index in [1.165, 1.54) is 23.1 Å². The van der Waals surface area contributed by atoms with Crippen molar-refractivity contribution >= 4 is 50.0 Å². The summed E-state index contributed by atoms with van der Waals surface area (Å²) >= 11 is 2.89. The van der Waals surface area contributed by atoms with Gasteiger partial charge in [0.25, 0.3) is 0 Å². The summed E-state index contributed by atoms with van der Waals surface area (Å²) < 4.78 is 1.06. The van der Waals surface area contributed by atoms with Gasteiger partial charge in [0.05, 0.1) is 16.0 Å². The van der Waals surface area contributed by atoms with E-state index < -0.39 is 0 Å². The first kappa shape index (κ1) is 13.9. The van der Waals surface area contributed by atoms with Gasteiger partial charge in [-0.2, -0.15) is 0 Å². The van der Waals surface area contributed by atoms with Crippen molar-refractivity contribution in [3.05, 3.63) is 48.5 Å². The minimum Gasteiger partial charge on any atom is -0.398 e. The minimum absolute atomic E-state index is 0.0812. The molecule has 0 atom stereocenters. The Balaban J connectivity index is 1.62. The second kappa shape index (κ2) is 6.15. The van der Waals surface area contributed by atoms with E-state index in [9.17, 15) is 4.79 Å². The third-order valence-electron chi connectivity index (χ3n) is 2.82. The summed E-state index contributed by atoms with van der Waals surface area (Å²) in [5.74, 6) is 0.228. The van der Waals surface area contributed by atoms with Gasteiger partial charge in [0.1, 0.15) is 0 Å². The molecule has 0 aliphatic carbocycles. The highest BCUT2D eigenvalue weighted by atomic mass is 32.2. The first-order chi connectivity index (χ1) is 10.2. The Bertz CT molecular complexity index is 752. The Kier molecular flexibility index (Phi) is 4.08. The fourth-order valence-electron chi connectivity index (χ4n) is 1.84. The second-order valence-electron chi connectivity index (χ2n) is 4.36. The van der Waals surface area contributed by atoms with Crippen LogP contribution in [0.25, 0.3) is 10.2 Å². The number of thioether (sulfide) groups is 1. The molecule has 0 fully saturated rings. The summed E-state index contributed by atoms with van der Waals surface area (Å²) in [6.07, 6.45) is 0. The largest absolute Gasteiger partial charge is 0.398 e. The molecule has 0 saturated carbocycles. The number of nitrogen functional groups attached to an aromatic ring is 1. The van der Waals surface area contributed by atoms with Crippen LogP contribution in [-0.4, -0.2) is 16.6 Å². The highest BCUT2D eigenvalue weighted by Gasteiger charge is 2.08.